The number of hydrogen-bond acceptors (Lipinski definition) is 3. The molecule has 0 fully saturated rings. The van der Waals surface area contributed by atoms with Crippen LogP contribution in [0, 0.1) is 11.3 Å². The van der Waals surface area contributed by atoms with Gasteiger partial charge in [0.2, 0.25) is 0 Å². The van der Waals surface area contributed by atoms with E-state index in [9.17, 15) is 0 Å². The normalized spacial score (nSPS) is 10.1. The van der Waals surface area contributed by atoms with Crippen molar-refractivity contribution >= 4 is 48.9 Å². The van der Waals surface area contributed by atoms with Crippen LogP contribution in [-0.4, -0.2) is 7.05 Å². The summed E-state index contributed by atoms with van der Waals surface area (Å²) in [6, 6.07) is 10.1. The third-order valence-corrected chi connectivity index (χ3v) is 4.58. The predicted octanol–water partition coefficient (Wildman–Crippen LogP) is 4.78. The van der Waals surface area contributed by atoms with Crippen molar-refractivity contribution in [2.24, 2.45) is 0 Å². The second kappa shape index (κ2) is 5.87. The minimum absolute atomic E-state index is 0.682. The number of anilines is 1. The maximum Gasteiger partial charge on any atom is 0.101 e. The number of nitriles is 1. The molecule has 0 aliphatic heterocycles. The van der Waals surface area contributed by atoms with Gasteiger partial charge in [0, 0.05) is 18.1 Å². The zero-order valence-electron chi connectivity index (χ0n) is 9.65. The first-order chi connectivity index (χ1) is 8.60. The molecule has 92 valence electrons. The van der Waals surface area contributed by atoms with Gasteiger partial charge in [-0.05, 0) is 51.1 Å². The van der Waals surface area contributed by atoms with Crippen molar-refractivity contribution in [3.05, 3.63) is 49.0 Å². The second-order valence-corrected chi connectivity index (χ2v) is 7.09. The second-order valence-electron chi connectivity index (χ2n) is 3.89. The molecule has 18 heavy (non-hydrogen) atoms. The number of benzene rings is 1. The summed E-state index contributed by atoms with van der Waals surface area (Å²) >= 11 is 8.51. The van der Waals surface area contributed by atoms with Crippen LogP contribution in [0.4, 0.5) is 5.69 Å². The Bertz CT molecular complexity index is 601. The highest BCUT2D eigenvalue weighted by atomic mass is 79.9. The number of nitrogens with zero attached hydrogens (tertiary/aromatic N) is 2. The molecule has 1 aromatic carbocycles. The van der Waals surface area contributed by atoms with E-state index in [0.29, 0.717) is 5.56 Å². The van der Waals surface area contributed by atoms with Crippen LogP contribution < -0.4 is 4.90 Å². The lowest BCUT2D eigenvalue weighted by Gasteiger charge is -2.20. The average molecular weight is 386 g/mol. The Labute approximate surface area is 127 Å². The largest absolute Gasteiger partial charge is 0.369 e. The molecule has 0 aliphatic rings. The Morgan fingerprint density at radius 2 is 2.11 bits per heavy atom. The van der Waals surface area contributed by atoms with Gasteiger partial charge in [0.25, 0.3) is 0 Å². The van der Waals surface area contributed by atoms with Crippen LogP contribution in [0.25, 0.3) is 0 Å². The van der Waals surface area contributed by atoms with Gasteiger partial charge in [-0.25, -0.2) is 0 Å². The molecule has 5 heteroatoms. The monoisotopic (exact) mass is 384 g/mol. The van der Waals surface area contributed by atoms with Gasteiger partial charge < -0.3 is 4.90 Å². The number of hydrogen-bond donors (Lipinski definition) is 0. The summed E-state index contributed by atoms with van der Waals surface area (Å²) in [5.74, 6) is 0. The summed E-state index contributed by atoms with van der Waals surface area (Å²) in [6.45, 7) is 0.790. The highest BCUT2D eigenvalue weighted by molar-refractivity contribution is 9.11. The minimum atomic E-state index is 0.682. The summed E-state index contributed by atoms with van der Waals surface area (Å²) in [6.07, 6.45) is 0. The van der Waals surface area contributed by atoms with Gasteiger partial charge in [0.05, 0.1) is 15.0 Å². The summed E-state index contributed by atoms with van der Waals surface area (Å²) in [4.78, 5) is 2.08. The van der Waals surface area contributed by atoms with E-state index in [4.69, 9.17) is 5.26 Å². The van der Waals surface area contributed by atoms with Gasteiger partial charge in [-0.2, -0.15) is 5.26 Å². The van der Waals surface area contributed by atoms with Crippen molar-refractivity contribution in [2.75, 3.05) is 11.9 Å². The molecular formula is C13H10Br2N2S. The maximum atomic E-state index is 9.16. The van der Waals surface area contributed by atoms with Crippen LogP contribution in [0.5, 0.6) is 0 Å². The van der Waals surface area contributed by atoms with Crippen LogP contribution in [0.2, 0.25) is 0 Å². The standard InChI is InChI=1S/C13H10Br2N2S/c1-17(7-9-4-13(15)18-8-9)12-3-2-11(14)5-10(12)6-16/h2-5,8H,7H2,1H3. The van der Waals surface area contributed by atoms with E-state index in [1.165, 1.54) is 5.56 Å². The lowest BCUT2D eigenvalue weighted by atomic mass is 10.1. The highest BCUT2D eigenvalue weighted by Crippen LogP contribution is 2.26. The molecule has 1 aromatic heterocycles. The van der Waals surface area contributed by atoms with E-state index in [0.717, 1.165) is 20.5 Å². The van der Waals surface area contributed by atoms with Crippen LogP contribution in [0.15, 0.2) is 37.9 Å². The Morgan fingerprint density at radius 1 is 1.33 bits per heavy atom. The molecule has 0 N–H and O–H groups in total. The topological polar surface area (TPSA) is 27.0 Å². The molecular weight excluding hydrogens is 376 g/mol. The first-order valence-corrected chi connectivity index (χ1v) is 7.70. The van der Waals surface area contributed by atoms with E-state index in [2.05, 4.69) is 54.3 Å². The van der Waals surface area contributed by atoms with Crippen molar-refractivity contribution in [3.8, 4) is 6.07 Å². The number of thiophene rings is 1. The zero-order chi connectivity index (χ0) is 13.1. The molecule has 2 nitrogen and oxygen atoms in total. The van der Waals surface area contributed by atoms with E-state index in [-0.39, 0.29) is 0 Å². The maximum absolute atomic E-state index is 9.16. The smallest absolute Gasteiger partial charge is 0.101 e. The molecule has 0 saturated carbocycles. The molecule has 2 aromatic rings. The molecule has 0 radical (unpaired) electrons. The molecule has 0 unspecified atom stereocenters. The quantitative estimate of drug-likeness (QED) is 0.759. The lowest BCUT2D eigenvalue weighted by molar-refractivity contribution is 0.925. The van der Waals surface area contributed by atoms with Crippen molar-refractivity contribution in [3.63, 3.8) is 0 Å². The van der Waals surface area contributed by atoms with Gasteiger partial charge in [-0.1, -0.05) is 15.9 Å². The van der Waals surface area contributed by atoms with E-state index in [1.807, 2.05) is 25.2 Å². The Hall–Kier alpha value is -0.830. The fourth-order valence-corrected chi connectivity index (χ4v) is 3.28. The molecule has 1 heterocycles. The average Bonchev–Trinajstić information content (AvgIpc) is 2.74. The summed E-state index contributed by atoms with van der Waals surface area (Å²) < 4.78 is 2.05. The molecule has 0 atom stereocenters. The third-order valence-electron chi connectivity index (χ3n) is 2.53. The number of rotatable bonds is 3. The van der Waals surface area contributed by atoms with Crippen molar-refractivity contribution in [2.45, 2.75) is 6.54 Å². The SMILES string of the molecule is CN(Cc1csc(Br)c1)c1ccc(Br)cc1C#N. The van der Waals surface area contributed by atoms with Crippen molar-refractivity contribution in [1.29, 1.82) is 5.26 Å². The van der Waals surface area contributed by atoms with E-state index in [1.54, 1.807) is 11.3 Å². The summed E-state index contributed by atoms with van der Waals surface area (Å²) in [5.41, 5.74) is 2.87. The van der Waals surface area contributed by atoms with Gasteiger partial charge >= 0.3 is 0 Å². The minimum Gasteiger partial charge on any atom is -0.369 e. The highest BCUT2D eigenvalue weighted by Gasteiger charge is 2.09. The Kier molecular flexibility index (Phi) is 4.44. The van der Waals surface area contributed by atoms with Crippen LogP contribution in [0.1, 0.15) is 11.1 Å². The van der Waals surface area contributed by atoms with Gasteiger partial charge in [-0.15, -0.1) is 11.3 Å². The van der Waals surface area contributed by atoms with Crippen LogP contribution in [0.3, 0.4) is 0 Å². The van der Waals surface area contributed by atoms with Gasteiger partial charge in [-0.3, -0.25) is 0 Å². The van der Waals surface area contributed by atoms with E-state index < -0.39 is 0 Å². The molecule has 0 saturated heterocycles. The molecule has 0 bridgehead atoms. The Morgan fingerprint density at radius 3 is 2.72 bits per heavy atom. The first-order valence-electron chi connectivity index (χ1n) is 5.24. The van der Waals surface area contributed by atoms with Gasteiger partial charge in [0.1, 0.15) is 6.07 Å². The summed E-state index contributed by atoms with van der Waals surface area (Å²) in [5, 5.41) is 11.3. The molecule has 0 spiro atoms. The third kappa shape index (κ3) is 3.14. The zero-order valence-corrected chi connectivity index (χ0v) is 13.6. The molecule has 2 rings (SSSR count). The van der Waals surface area contributed by atoms with Gasteiger partial charge in [0.15, 0.2) is 0 Å². The van der Waals surface area contributed by atoms with Crippen molar-refractivity contribution in [1.82, 2.24) is 0 Å². The fraction of sp³-hybridized carbons (Fsp3) is 0.154. The molecule has 0 aliphatic carbocycles. The Balaban J connectivity index is 2.24. The number of halogens is 2. The fourth-order valence-electron chi connectivity index (χ4n) is 1.72. The van der Waals surface area contributed by atoms with E-state index >= 15 is 0 Å². The first kappa shape index (κ1) is 13.6. The van der Waals surface area contributed by atoms with Crippen LogP contribution >= 0.6 is 43.2 Å². The summed E-state index contributed by atoms with van der Waals surface area (Å²) in [7, 11) is 2.00. The molecule has 0 amide bonds. The van der Waals surface area contributed by atoms with Crippen LogP contribution in [-0.2, 0) is 6.54 Å². The predicted molar refractivity (Wildman–Crippen MR) is 83.0 cm³/mol. The lowest BCUT2D eigenvalue weighted by Crippen LogP contribution is -2.17. The van der Waals surface area contributed by atoms with Crippen molar-refractivity contribution < 1.29 is 0 Å².